The van der Waals surface area contributed by atoms with E-state index in [-0.39, 0.29) is 23.5 Å². The van der Waals surface area contributed by atoms with Gasteiger partial charge in [-0.25, -0.2) is 27.9 Å². The Morgan fingerprint density at radius 1 is 0.976 bits per heavy atom. The predicted molar refractivity (Wildman–Crippen MR) is 145 cm³/mol. The fourth-order valence-electron chi connectivity index (χ4n) is 5.00. The van der Waals surface area contributed by atoms with Crippen molar-refractivity contribution >= 4 is 34.8 Å². The Balaban J connectivity index is 1.38. The number of fused-ring (bicyclic) bond motifs is 1. The standard InChI is InChI=1S/C27H25F5N8O2/c1-34-26(42)39-8-6-14(7-9-39)22-12-17(23-24(33)35-13-36-40(22)23)15-2-5-20(19(29)10-15)37-25(41)38-21-11-16(27(30,31)32)3-4-18(21)28/h2-5,10-14H,6-9H2,1H3,(H,34,42)(H2,33,35,36)(H2,37,38,41). The molecule has 42 heavy (non-hydrogen) atoms. The van der Waals surface area contributed by atoms with E-state index in [4.69, 9.17) is 5.73 Å². The molecule has 1 aliphatic heterocycles. The zero-order valence-electron chi connectivity index (χ0n) is 22.1. The SMILES string of the molecule is CNC(=O)N1CCC(c2cc(-c3ccc(NC(=O)Nc4cc(C(F)(F)F)ccc4F)c(F)c3)c3c(N)ncnn23)CC1. The molecule has 15 heteroatoms. The summed E-state index contributed by atoms with van der Waals surface area (Å²) in [5.41, 5.74) is 6.22. The van der Waals surface area contributed by atoms with E-state index in [1.807, 2.05) is 11.4 Å². The summed E-state index contributed by atoms with van der Waals surface area (Å²) in [4.78, 5) is 30.2. The molecule has 5 rings (SSSR count). The first-order valence-electron chi connectivity index (χ1n) is 12.8. The van der Waals surface area contributed by atoms with Crippen LogP contribution in [0, 0.1) is 11.6 Å². The molecule has 0 saturated carbocycles. The molecule has 220 valence electrons. The van der Waals surface area contributed by atoms with Crippen LogP contribution in [0.2, 0.25) is 0 Å². The van der Waals surface area contributed by atoms with Crippen molar-refractivity contribution in [1.82, 2.24) is 24.8 Å². The maximum atomic E-state index is 15.2. The molecule has 0 aliphatic carbocycles. The Labute approximate surface area is 235 Å². The lowest BCUT2D eigenvalue weighted by molar-refractivity contribution is -0.137. The van der Waals surface area contributed by atoms with Crippen LogP contribution < -0.4 is 21.7 Å². The van der Waals surface area contributed by atoms with Gasteiger partial charge in [-0.1, -0.05) is 6.07 Å². The number of nitrogen functional groups attached to an aromatic ring is 1. The van der Waals surface area contributed by atoms with Crippen LogP contribution in [0.15, 0.2) is 48.8 Å². The topological polar surface area (TPSA) is 130 Å². The molecule has 1 aliphatic rings. The average Bonchev–Trinajstić information content (AvgIpc) is 3.35. The van der Waals surface area contributed by atoms with Crippen molar-refractivity contribution in [1.29, 1.82) is 0 Å². The largest absolute Gasteiger partial charge is 0.416 e. The Morgan fingerprint density at radius 2 is 1.69 bits per heavy atom. The van der Waals surface area contributed by atoms with E-state index in [0.29, 0.717) is 60.8 Å². The van der Waals surface area contributed by atoms with Gasteiger partial charge in [0.2, 0.25) is 0 Å². The number of carbonyl (C=O) groups excluding carboxylic acids is 2. The number of carbonyl (C=O) groups is 2. The highest BCUT2D eigenvalue weighted by Gasteiger charge is 2.31. The number of nitrogens with two attached hydrogens (primary N) is 1. The van der Waals surface area contributed by atoms with Gasteiger partial charge in [-0.05, 0) is 54.8 Å². The van der Waals surface area contributed by atoms with E-state index in [0.717, 1.165) is 11.8 Å². The Morgan fingerprint density at radius 3 is 2.36 bits per heavy atom. The lowest BCUT2D eigenvalue weighted by Gasteiger charge is -2.31. The fourth-order valence-corrected chi connectivity index (χ4v) is 5.00. The quantitative estimate of drug-likeness (QED) is 0.236. The monoisotopic (exact) mass is 588 g/mol. The highest BCUT2D eigenvalue weighted by Crippen LogP contribution is 2.37. The summed E-state index contributed by atoms with van der Waals surface area (Å²) in [6.07, 6.45) is -2.10. The summed E-state index contributed by atoms with van der Waals surface area (Å²) in [6.45, 7) is 1.07. The van der Waals surface area contributed by atoms with Crippen LogP contribution in [-0.2, 0) is 6.18 Å². The first-order chi connectivity index (χ1) is 20.0. The second-order valence-corrected chi connectivity index (χ2v) is 9.67. The van der Waals surface area contributed by atoms with Gasteiger partial charge in [0.25, 0.3) is 0 Å². The highest BCUT2D eigenvalue weighted by atomic mass is 19.4. The van der Waals surface area contributed by atoms with Crippen molar-refractivity contribution in [2.45, 2.75) is 24.9 Å². The Hall–Kier alpha value is -4.95. The molecule has 5 N–H and O–H groups in total. The summed E-state index contributed by atoms with van der Waals surface area (Å²) >= 11 is 0. The van der Waals surface area contributed by atoms with Gasteiger partial charge < -0.3 is 26.6 Å². The number of nitrogens with one attached hydrogen (secondary N) is 3. The van der Waals surface area contributed by atoms with Crippen molar-refractivity contribution < 1.29 is 31.5 Å². The number of amides is 4. The molecule has 2 aromatic heterocycles. The number of halogens is 5. The van der Waals surface area contributed by atoms with E-state index in [1.54, 1.807) is 16.5 Å². The number of nitrogens with zero attached hydrogens (tertiary/aromatic N) is 4. The molecule has 1 fully saturated rings. The molecule has 0 spiro atoms. The number of rotatable bonds is 4. The van der Waals surface area contributed by atoms with Crippen molar-refractivity contribution in [3.63, 3.8) is 0 Å². The van der Waals surface area contributed by atoms with E-state index >= 15 is 4.39 Å². The molecule has 0 bridgehead atoms. The molecule has 0 atom stereocenters. The molecular formula is C27H25F5N8O2. The van der Waals surface area contributed by atoms with Crippen molar-refractivity contribution in [2.24, 2.45) is 0 Å². The van der Waals surface area contributed by atoms with Crippen LogP contribution in [0.5, 0.6) is 0 Å². The number of alkyl halides is 3. The molecule has 10 nitrogen and oxygen atoms in total. The lowest BCUT2D eigenvalue weighted by Crippen LogP contribution is -2.42. The minimum atomic E-state index is -4.75. The lowest BCUT2D eigenvalue weighted by atomic mass is 9.93. The summed E-state index contributed by atoms with van der Waals surface area (Å²) in [7, 11) is 1.57. The van der Waals surface area contributed by atoms with Gasteiger partial charge in [-0.15, -0.1) is 0 Å². The van der Waals surface area contributed by atoms with Crippen molar-refractivity contribution in [3.05, 3.63) is 71.7 Å². The summed E-state index contributed by atoms with van der Waals surface area (Å²) < 4.78 is 69.7. The van der Waals surface area contributed by atoms with Crippen LogP contribution in [0.3, 0.4) is 0 Å². The smallest absolute Gasteiger partial charge is 0.382 e. The van der Waals surface area contributed by atoms with E-state index in [1.165, 1.54) is 18.5 Å². The van der Waals surface area contributed by atoms with Gasteiger partial charge >= 0.3 is 18.2 Å². The molecule has 1 saturated heterocycles. The summed E-state index contributed by atoms with van der Waals surface area (Å²) in [5.74, 6) is -1.75. The molecule has 0 radical (unpaired) electrons. The number of benzene rings is 2. The highest BCUT2D eigenvalue weighted by molar-refractivity contribution is 6.00. The molecule has 2 aromatic carbocycles. The summed E-state index contributed by atoms with van der Waals surface area (Å²) in [5, 5.41) is 11.1. The average molecular weight is 589 g/mol. The molecule has 4 amide bonds. The van der Waals surface area contributed by atoms with Crippen LogP contribution in [-0.4, -0.2) is 51.7 Å². The number of likely N-dealkylation sites (tertiary alicyclic amines) is 1. The van der Waals surface area contributed by atoms with Crippen LogP contribution >= 0.6 is 0 Å². The van der Waals surface area contributed by atoms with Crippen molar-refractivity contribution in [2.75, 3.05) is 36.5 Å². The molecule has 3 heterocycles. The molecule has 0 unspecified atom stereocenters. The van der Waals surface area contributed by atoms with Crippen LogP contribution in [0.4, 0.5) is 48.7 Å². The Bertz CT molecular complexity index is 1660. The molecular weight excluding hydrogens is 563 g/mol. The van der Waals surface area contributed by atoms with Gasteiger partial charge in [-0.3, -0.25) is 0 Å². The molecule has 4 aromatic rings. The second kappa shape index (κ2) is 11.1. The van der Waals surface area contributed by atoms with Gasteiger partial charge in [0.1, 0.15) is 23.5 Å². The number of hydrogen-bond acceptors (Lipinski definition) is 5. The van der Waals surface area contributed by atoms with Gasteiger partial charge in [-0.2, -0.15) is 18.3 Å². The van der Waals surface area contributed by atoms with Gasteiger partial charge in [0.15, 0.2) is 5.82 Å². The van der Waals surface area contributed by atoms with Crippen molar-refractivity contribution in [3.8, 4) is 11.1 Å². The van der Waals surface area contributed by atoms with E-state index in [9.17, 15) is 27.2 Å². The first kappa shape index (κ1) is 28.6. The van der Waals surface area contributed by atoms with Crippen LogP contribution in [0.25, 0.3) is 16.6 Å². The zero-order chi connectivity index (χ0) is 30.2. The second-order valence-electron chi connectivity index (χ2n) is 9.67. The van der Waals surface area contributed by atoms with E-state index in [2.05, 4.69) is 20.7 Å². The number of urea groups is 2. The van der Waals surface area contributed by atoms with Crippen LogP contribution in [0.1, 0.15) is 30.0 Å². The Kier molecular flexibility index (Phi) is 7.58. The van der Waals surface area contributed by atoms with Gasteiger partial charge in [0.05, 0.1) is 16.9 Å². The van der Waals surface area contributed by atoms with E-state index < -0.39 is 35.1 Å². The maximum Gasteiger partial charge on any atom is 0.416 e. The number of piperidine rings is 1. The number of aromatic nitrogens is 3. The maximum absolute atomic E-state index is 15.2. The fraction of sp³-hybridized carbons (Fsp3) is 0.259. The summed E-state index contributed by atoms with van der Waals surface area (Å²) in [6, 6.07) is 6.03. The minimum absolute atomic E-state index is 0.0344. The zero-order valence-corrected chi connectivity index (χ0v) is 22.1. The first-order valence-corrected chi connectivity index (χ1v) is 12.8. The number of anilines is 3. The normalized spacial score (nSPS) is 14.2. The third-order valence-corrected chi connectivity index (χ3v) is 7.09. The minimum Gasteiger partial charge on any atom is -0.382 e. The number of hydrogen-bond donors (Lipinski definition) is 4. The predicted octanol–water partition coefficient (Wildman–Crippen LogP) is 5.44. The van der Waals surface area contributed by atoms with Gasteiger partial charge in [0, 0.05) is 37.3 Å². The third-order valence-electron chi connectivity index (χ3n) is 7.09. The third kappa shape index (κ3) is 5.62.